The summed E-state index contributed by atoms with van der Waals surface area (Å²) >= 11 is 0. The second-order valence-electron chi connectivity index (χ2n) is 4.30. The van der Waals surface area contributed by atoms with Gasteiger partial charge >= 0.3 is 5.97 Å². The molecule has 0 atom stereocenters. The zero-order chi connectivity index (χ0) is 13.1. The molecule has 4 nitrogen and oxygen atoms in total. The summed E-state index contributed by atoms with van der Waals surface area (Å²) in [6.45, 7) is 5.76. The third-order valence-electron chi connectivity index (χ3n) is 3.00. The molecule has 4 heteroatoms. The minimum atomic E-state index is -0.181. The van der Waals surface area contributed by atoms with Crippen molar-refractivity contribution in [1.82, 2.24) is 4.98 Å². The van der Waals surface area contributed by atoms with Crippen molar-refractivity contribution in [3.05, 3.63) is 24.1 Å². The van der Waals surface area contributed by atoms with Gasteiger partial charge in [0.2, 0.25) is 0 Å². The molecule has 0 saturated carbocycles. The van der Waals surface area contributed by atoms with Crippen LogP contribution in [0.5, 0.6) is 5.75 Å². The van der Waals surface area contributed by atoms with Crippen molar-refractivity contribution in [1.29, 1.82) is 0 Å². The molecule has 0 aliphatic heterocycles. The van der Waals surface area contributed by atoms with Gasteiger partial charge in [-0.15, -0.1) is 0 Å². The molecule has 2 rings (SSSR count). The quantitative estimate of drug-likeness (QED) is 0.613. The van der Waals surface area contributed by atoms with Crippen molar-refractivity contribution in [2.24, 2.45) is 5.92 Å². The molecule has 0 radical (unpaired) electrons. The minimum absolute atomic E-state index is 0.0419. The lowest BCUT2D eigenvalue weighted by Crippen LogP contribution is -2.19. The Morgan fingerprint density at radius 2 is 2.11 bits per heavy atom. The van der Waals surface area contributed by atoms with E-state index in [0.29, 0.717) is 22.7 Å². The van der Waals surface area contributed by atoms with Gasteiger partial charge in [-0.2, -0.15) is 0 Å². The Labute approximate surface area is 106 Å². The Morgan fingerprint density at radius 1 is 1.39 bits per heavy atom. The molecular formula is C14H17NO3. The first kappa shape index (κ1) is 12.6. The maximum Gasteiger partial charge on any atom is 0.314 e. The number of aryl methyl sites for hydroxylation is 1. The monoisotopic (exact) mass is 247 g/mol. The normalized spacial score (nSPS) is 11.1. The van der Waals surface area contributed by atoms with Crippen LogP contribution in [0.25, 0.3) is 11.1 Å². The molecular weight excluding hydrogens is 230 g/mol. The predicted octanol–water partition coefficient (Wildman–Crippen LogP) is 3.48. The largest absolute Gasteiger partial charge is 0.441 e. The number of nitrogens with zero attached hydrogens (tertiary/aromatic N) is 1. The van der Waals surface area contributed by atoms with Crippen LogP contribution < -0.4 is 4.74 Å². The summed E-state index contributed by atoms with van der Waals surface area (Å²) in [4.78, 5) is 16.1. The van der Waals surface area contributed by atoms with Crippen molar-refractivity contribution >= 4 is 17.1 Å². The Balaban J connectivity index is 2.18. The summed E-state index contributed by atoms with van der Waals surface area (Å²) in [5.74, 6) is 0.903. The molecule has 0 N–H and O–H groups in total. The van der Waals surface area contributed by atoms with Crippen LogP contribution in [-0.2, 0) is 4.79 Å². The minimum Gasteiger partial charge on any atom is -0.441 e. The van der Waals surface area contributed by atoms with Gasteiger partial charge in [-0.1, -0.05) is 13.8 Å². The summed E-state index contributed by atoms with van der Waals surface area (Å²) < 4.78 is 10.7. The van der Waals surface area contributed by atoms with Crippen molar-refractivity contribution in [2.75, 3.05) is 0 Å². The van der Waals surface area contributed by atoms with Crippen molar-refractivity contribution in [2.45, 2.75) is 33.6 Å². The number of ether oxygens (including phenoxy) is 1. The summed E-state index contributed by atoms with van der Waals surface area (Å²) in [5.41, 5.74) is 1.41. The summed E-state index contributed by atoms with van der Waals surface area (Å²) in [6, 6.07) is 5.23. The van der Waals surface area contributed by atoms with Crippen LogP contribution in [0.3, 0.4) is 0 Å². The molecule has 0 aliphatic rings. The number of fused-ring (bicyclic) bond motifs is 1. The van der Waals surface area contributed by atoms with Crippen molar-refractivity contribution in [3.63, 3.8) is 0 Å². The number of carbonyl (C=O) groups is 1. The van der Waals surface area contributed by atoms with Crippen LogP contribution >= 0.6 is 0 Å². The van der Waals surface area contributed by atoms with E-state index < -0.39 is 0 Å². The molecule has 0 aliphatic carbocycles. The van der Waals surface area contributed by atoms with E-state index in [4.69, 9.17) is 9.15 Å². The van der Waals surface area contributed by atoms with E-state index in [9.17, 15) is 4.79 Å². The first-order valence-electron chi connectivity index (χ1n) is 6.23. The average molecular weight is 247 g/mol. The second-order valence-corrected chi connectivity index (χ2v) is 4.30. The van der Waals surface area contributed by atoms with Gasteiger partial charge < -0.3 is 9.15 Å². The van der Waals surface area contributed by atoms with Crippen LogP contribution in [0.1, 0.15) is 32.6 Å². The average Bonchev–Trinajstić information content (AvgIpc) is 2.70. The molecule has 0 saturated heterocycles. The first-order chi connectivity index (χ1) is 8.63. The third kappa shape index (κ3) is 2.53. The Kier molecular flexibility index (Phi) is 3.65. The van der Waals surface area contributed by atoms with Gasteiger partial charge in [0.15, 0.2) is 11.5 Å². The molecule has 96 valence electrons. The van der Waals surface area contributed by atoms with Crippen LogP contribution in [-0.4, -0.2) is 11.0 Å². The second kappa shape index (κ2) is 5.21. The van der Waals surface area contributed by atoms with Crippen LogP contribution in [0.2, 0.25) is 0 Å². The first-order valence-corrected chi connectivity index (χ1v) is 6.23. The number of esters is 1. The number of hydrogen-bond acceptors (Lipinski definition) is 4. The van der Waals surface area contributed by atoms with E-state index in [1.54, 1.807) is 25.1 Å². The predicted molar refractivity (Wildman–Crippen MR) is 68.5 cm³/mol. The van der Waals surface area contributed by atoms with Gasteiger partial charge in [-0.05, 0) is 25.0 Å². The zero-order valence-corrected chi connectivity index (χ0v) is 10.9. The SMILES string of the molecule is CCC(CC)C(=O)Oc1ccc2oc(C)nc2c1. The number of aromatic nitrogens is 1. The molecule has 0 bridgehead atoms. The number of oxazole rings is 1. The van der Waals surface area contributed by atoms with E-state index in [-0.39, 0.29) is 11.9 Å². The molecule has 0 fully saturated rings. The molecule has 0 amide bonds. The van der Waals surface area contributed by atoms with Crippen molar-refractivity contribution in [3.8, 4) is 5.75 Å². The summed E-state index contributed by atoms with van der Waals surface area (Å²) in [5, 5.41) is 0. The standard InChI is InChI=1S/C14H17NO3/c1-4-10(5-2)14(16)18-11-6-7-13-12(8-11)15-9(3)17-13/h6-8,10H,4-5H2,1-3H3. The maximum atomic E-state index is 11.8. The van der Waals surface area contributed by atoms with E-state index in [0.717, 1.165) is 12.8 Å². The molecule has 1 aromatic heterocycles. The van der Waals surface area contributed by atoms with Crippen LogP contribution in [0.4, 0.5) is 0 Å². The van der Waals surface area contributed by atoms with Crippen LogP contribution in [0, 0.1) is 12.8 Å². The van der Waals surface area contributed by atoms with Gasteiger partial charge in [0.25, 0.3) is 0 Å². The highest BCUT2D eigenvalue weighted by molar-refractivity contribution is 5.78. The Morgan fingerprint density at radius 3 is 2.78 bits per heavy atom. The number of benzene rings is 1. The van der Waals surface area contributed by atoms with E-state index in [1.165, 1.54) is 0 Å². The third-order valence-corrected chi connectivity index (χ3v) is 3.00. The van der Waals surface area contributed by atoms with Gasteiger partial charge in [0, 0.05) is 13.0 Å². The molecule has 18 heavy (non-hydrogen) atoms. The van der Waals surface area contributed by atoms with Crippen LogP contribution in [0.15, 0.2) is 22.6 Å². The lowest BCUT2D eigenvalue weighted by atomic mass is 10.0. The molecule has 2 aromatic rings. The summed E-state index contributed by atoms with van der Waals surface area (Å²) in [6.07, 6.45) is 1.58. The lowest BCUT2D eigenvalue weighted by Gasteiger charge is -2.11. The van der Waals surface area contributed by atoms with Gasteiger partial charge in [-0.3, -0.25) is 4.79 Å². The highest BCUT2D eigenvalue weighted by Crippen LogP contribution is 2.22. The zero-order valence-electron chi connectivity index (χ0n) is 10.9. The van der Waals surface area contributed by atoms with Gasteiger partial charge in [-0.25, -0.2) is 4.98 Å². The fourth-order valence-electron chi connectivity index (χ4n) is 1.91. The highest BCUT2D eigenvalue weighted by Gasteiger charge is 2.17. The number of hydrogen-bond donors (Lipinski definition) is 0. The van der Waals surface area contributed by atoms with E-state index >= 15 is 0 Å². The molecule has 0 unspecified atom stereocenters. The smallest absolute Gasteiger partial charge is 0.314 e. The van der Waals surface area contributed by atoms with Gasteiger partial charge in [0.05, 0.1) is 5.92 Å². The van der Waals surface area contributed by atoms with Crippen molar-refractivity contribution < 1.29 is 13.9 Å². The Hall–Kier alpha value is -1.84. The van der Waals surface area contributed by atoms with E-state index in [1.807, 2.05) is 13.8 Å². The van der Waals surface area contributed by atoms with E-state index in [2.05, 4.69) is 4.98 Å². The summed E-state index contributed by atoms with van der Waals surface area (Å²) in [7, 11) is 0. The highest BCUT2D eigenvalue weighted by atomic mass is 16.5. The fraction of sp³-hybridized carbons (Fsp3) is 0.429. The fourth-order valence-corrected chi connectivity index (χ4v) is 1.91. The topological polar surface area (TPSA) is 52.3 Å². The Bertz CT molecular complexity index is 555. The van der Waals surface area contributed by atoms with Gasteiger partial charge in [0.1, 0.15) is 11.3 Å². The molecule has 0 spiro atoms. The number of rotatable bonds is 4. The molecule has 1 aromatic carbocycles. The number of carbonyl (C=O) groups excluding carboxylic acids is 1. The maximum absolute atomic E-state index is 11.8. The lowest BCUT2D eigenvalue weighted by molar-refractivity contribution is -0.139. The molecule has 1 heterocycles.